The van der Waals surface area contributed by atoms with Gasteiger partial charge >= 0.3 is 6.09 Å². The molecule has 7 nitrogen and oxygen atoms in total. The van der Waals surface area contributed by atoms with Crippen molar-refractivity contribution < 1.29 is 19.4 Å². The summed E-state index contributed by atoms with van der Waals surface area (Å²) in [5, 5.41) is 14.2. The largest absolute Gasteiger partial charge is 0.481 e. The van der Waals surface area contributed by atoms with Crippen molar-refractivity contribution >= 4 is 17.4 Å². The molecule has 0 saturated heterocycles. The molecule has 41 heavy (non-hydrogen) atoms. The Labute approximate surface area is 244 Å². The van der Waals surface area contributed by atoms with Crippen molar-refractivity contribution in [3.05, 3.63) is 98.0 Å². The summed E-state index contributed by atoms with van der Waals surface area (Å²) in [6, 6.07) is 15.4. The number of nitrogens with zero attached hydrogens (tertiary/aromatic N) is 2. The second kappa shape index (κ2) is 11.3. The molecule has 2 aromatic carbocycles. The van der Waals surface area contributed by atoms with Crippen molar-refractivity contribution in [2.24, 2.45) is 0 Å². The maximum Gasteiger partial charge on any atom is 0.408 e. The number of amides is 1. The van der Waals surface area contributed by atoms with Crippen LogP contribution in [0.2, 0.25) is 0 Å². The Morgan fingerprint density at radius 1 is 1.05 bits per heavy atom. The second-order valence-electron chi connectivity index (χ2n) is 11.3. The lowest BCUT2D eigenvalue weighted by Crippen LogP contribution is -2.29. The Morgan fingerprint density at radius 3 is 2.39 bits per heavy atom. The van der Waals surface area contributed by atoms with Crippen LogP contribution in [-0.4, -0.2) is 28.3 Å². The molecule has 2 heterocycles. The fraction of sp³-hybridized carbons (Fsp3) is 0.364. The van der Waals surface area contributed by atoms with Crippen LogP contribution in [0, 0.1) is 0 Å². The van der Waals surface area contributed by atoms with Crippen molar-refractivity contribution in [3.8, 4) is 17.1 Å². The molecule has 0 saturated carbocycles. The number of hydrogen-bond acceptors (Lipinski definition) is 7. The zero-order valence-corrected chi connectivity index (χ0v) is 24.5. The standard InChI is InChI=1S/C33H35N3O4S/c1-33(2,38)31-34-18-27(41-31)30(36-32(37)40-19-20-9-5-4-6-10-20)23-16-26(35-28(17-23)39-3)29-24-13-7-11-21(24)15-22-12-8-14-25(22)29/h4-6,9-10,15-18,30,38H,7-8,11-14,19H2,1-3H3,(H,36,37). The lowest BCUT2D eigenvalue weighted by molar-refractivity contribution is 0.0783. The summed E-state index contributed by atoms with van der Waals surface area (Å²) in [4.78, 5) is 23.3. The van der Waals surface area contributed by atoms with Gasteiger partial charge in [0.1, 0.15) is 17.2 Å². The van der Waals surface area contributed by atoms with E-state index in [4.69, 9.17) is 14.5 Å². The van der Waals surface area contributed by atoms with Gasteiger partial charge in [-0.1, -0.05) is 36.4 Å². The molecule has 8 heteroatoms. The van der Waals surface area contributed by atoms with Crippen LogP contribution in [0.1, 0.15) is 76.0 Å². The van der Waals surface area contributed by atoms with Gasteiger partial charge in [-0.3, -0.25) is 0 Å². The normalized spacial score (nSPS) is 14.8. The van der Waals surface area contributed by atoms with E-state index in [1.54, 1.807) is 27.2 Å². The highest BCUT2D eigenvalue weighted by Gasteiger charge is 2.29. The van der Waals surface area contributed by atoms with Crippen LogP contribution in [-0.2, 0) is 42.6 Å². The number of alkyl carbamates (subject to hydrolysis) is 1. The summed E-state index contributed by atoms with van der Waals surface area (Å²) >= 11 is 1.36. The van der Waals surface area contributed by atoms with Gasteiger partial charge in [0.2, 0.25) is 5.88 Å². The van der Waals surface area contributed by atoms with Gasteiger partial charge in [0.25, 0.3) is 0 Å². The van der Waals surface area contributed by atoms with Crippen LogP contribution in [0.5, 0.6) is 5.88 Å². The van der Waals surface area contributed by atoms with Gasteiger partial charge in [-0.05, 0) is 91.8 Å². The third-order valence-electron chi connectivity index (χ3n) is 7.90. The summed E-state index contributed by atoms with van der Waals surface area (Å²) in [6.07, 6.45) is 7.77. The summed E-state index contributed by atoms with van der Waals surface area (Å²) in [7, 11) is 1.62. The van der Waals surface area contributed by atoms with Gasteiger partial charge in [-0.2, -0.15) is 0 Å². The first kappa shape index (κ1) is 27.4. The average Bonchev–Trinajstić information content (AvgIpc) is 3.74. The zero-order chi connectivity index (χ0) is 28.6. The molecule has 212 valence electrons. The first-order chi connectivity index (χ1) is 19.8. The van der Waals surface area contributed by atoms with E-state index < -0.39 is 17.7 Å². The summed E-state index contributed by atoms with van der Waals surface area (Å²) in [5.74, 6) is 0.483. The average molecular weight is 570 g/mol. The molecule has 1 unspecified atom stereocenters. The molecule has 1 atom stereocenters. The molecule has 6 rings (SSSR count). The van der Waals surface area contributed by atoms with Gasteiger partial charge in [-0.25, -0.2) is 14.8 Å². The molecular weight excluding hydrogens is 534 g/mol. The Kier molecular flexibility index (Phi) is 7.53. The van der Waals surface area contributed by atoms with E-state index >= 15 is 0 Å². The number of hydrogen-bond donors (Lipinski definition) is 2. The number of ether oxygens (including phenoxy) is 2. The van der Waals surface area contributed by atoms with Gasteiger partial charge in [0, 0.05) is 17.8 Å². The SMILES string of the molecule is COc1cc(C(NC(=O)OCc2ccccc2)c2cnc(C(C)(C)O)s2)cc(-c2c3c(cc4c2CCC4)CCC3)n1. The zero-order valence-electron chi connectivity index (χ0n) is 23.7. The number of methoxy groups -OCH3 is 1. The lowest BCUT2D eigenvalue weighted by Gasteiger charge is -2.21. The van der Waals surface area contributed by atoms with E-state index in [-0.39, 0.29) is 6.61 Å². The van der Waals surface area contributed by atoms with Crippen LogP contribution in [0.25, 0.3) is 11.3 Å². The Bertz CT molecular complexity index is 1540. The fourth-order valence-electron chi connectivity index (χ4n) is 5.95. The first-order valence-corrected chi connectivity index (χ1v) is 15.0. The first-order valence-electron chi connectivity index (χ1n) is 14.2. The fourth-order valence-corrected chi connectivity index (χ4v) is 6.95. The van der Waals surface area contributed by atoms with Gasteiger partial charge < -0.3 is 19.9 Å². The summed E-state index contributed by atoms with van der Waals surface area (Å²) < 4.78 is 11.3. The predicted molar refractivity (Wildman–Crippen MR) is 159 cm³/mol. The minimum absolute atomic E-state index is 0.157. The van der Waals surface area contributed by atoms with E-state index in [1.807, 2.05) is 36.4 Å². The molecule has 2 aromatic heterocycles. The smallest absolute Gasteiger partial charge is 0.408 e. The Morgan fingerprint density at radius 2 is 1.76 bits per heavy atom. The number of rotatable bonds is 8. The van der Waals surface area contributed by atoms with E-state index in [9.17, 15) is 9.90 Å². The number of benzene rings is 2. The highest BCUT2D eigenvalue weighted by Crippen LogP contribution is 2.42. The van der Waals surface area contributed by atoms with E-state index in [0.717, 1.165) is 60.2 Å². The van der Waals surface area contributed by atoms with Crippen molar-refractivity contribution in [3.63, 3.8) is 0 Å². The lowest BCUT2D eigenvalue weighted by atomic mass is 9.91. The highest BCUT2D eigenvalue weighted by atomic mass is 32.1. The van der Waals surface area contributed by atoms with Crippen molar-refractivity contribution in [1.29, 1.82) is 0 Å². The molecule has 2 aliphatic rings. The number of aryl methyl sites for hydroxylation is 2. The maximum absolute atomic E-state index is 13.1. The van der Waals surface area contributed by atoms with E-state index in [2.05, 4.69) is 22.4 Å². The number of thiazole rings is 1. The Hall–Kier alpha value is -3.75. The molecule has 4 aromatic rings. The van der Waals surface area contributed by atoms with E-state index in [1.165, 1.54) is 39.2 Å². The second-order valence-corrected chi connectivity index (χ2v) is 12.4. The number of nitrogens with one attached hydrogen (secondary N) is 1. The molecule has 1 amide bonds. The monoisotopic (exact) mass is 569 g/mol. The highest BCUT2D eigenvalue weighted by molar-refractivity contribution is 7.11. The number of pyridine rings is 1. The molecule has 2 N–H and O–H groups in total. The topological polar surface area (TPSA) is 93.6 Å². The van der Waals surface area contributed by atoms with Gasteiger partial charge in [-0.15, -0.1) is 11.3 Å². The number of carbonyl (C=O) groups is 1. The van der Waals surface area contributed by atoms with Crippen LogP contribution < -0.4 is 10.1 Å². The maximum atomic E-state index is 13.1. The third kappa shape index (κ3) is 5.72. The summed E-state index contributed by atoms with van der Waals surface area (Å²) in [5.41, 5.74) is 8.38. The third-order valence-corrected chi connectivity index (χ3v) is 9.28. The molecular formula is C33H35N3O4S. The molecule has 0 fully saturated rings. The van der Waals surface area contributed by atoms with Gasteiger partial charge in [0.05, 0.1) is 23.7 Å². The van der Waals surface area contributed by atoms with Gasteiger partial charge in [0.15, 0.2) is 0 Å². The van der Waals surface area contributed by atoms with Crippen LogP contribution in [0.4, 0.5) is 4.79 Å². The van der Waals surface area contributed by atoms with Crippen LogP contribution in [0.15, 0.2) is 54.7 Å². The molecule has 2 aliphatic carbocycles. The Balaban J connectivity index is 1.41. The van der Waals surface area contributed by atoms with Crippen LogP contribution in [0.3, 0.4) is 0 Å². The number of fused-ring (bicyclic) bond motifs is 2. The quantitative estimate of drug-likeness (QED) is 0.254. The van der Waals surface area contributed by atoms with E-state index in [0.29, 0.717) is 10.9 Å². The van der Waals surface area contributed by atoms with Crippen molar-refractivity contribution in [2.75, 3.05) is 7.11 Å². The minimum Gasteiger partial charge on any atom is -0.481 e. The van der Waals surface area contributed by atoms with Crippen LogP contribution >= 0.6 is 11.3 Å². The number of aliphatic hydroxyl groups is 1. The predicted octanol–water partition coefficient (Wildman–Crippen LogP) is 6.43. The molecule has 0 aliphatic heterocycles. The molecule has 0 radical (unpaired) electrons. The number of aromatic nitrogens is 2. The van der Waals surface area contributed by atoms with Crippen molar-refractivity contribution in [1.82, 2.24) is 15.3 Å². The number of carbonyl (C=O) groups excluding carboxylic acids is 1. The molecule has 0 spiro atoms. The molecule has 0 bridgehead atoms. The summed E-state index contributed by atoms with van der Waals surface area (Å²) in [6.45, 7) is 3.57. The minimum atomic E-state index is -1.10. The van der Waals surface area contributed by atoms with Crippen molar-refractivity contribution in [2.45, 2.75) is 70.6 Å².